The maximum Gasteiger partial charge on any atom is 0.162 e. The summed E-state index contributed by atoms with van der Waals surface area (Å²) in [6, 6.07) is 26.1. The number of nitrogens with zero attached hydrogens (tertiary/aromatic N) is 1. The highest BCUT2D eigenvalue weighted by atomic mass is 35.5. The Bertz CT molecular complexity index is 1080. The predicted molar refractivity (Wildman–Crippen MR) is 148 cm³/mol. The Morgan fingerprint density at radius 1 is 1.00 bits per heavy atom. The number of rotatable bonds is 12. The van der Waals surface area contributed by atoms with Crippen LogP contribution in [0.25, 0.3) is 0 Å². The van der Waals surface area contributed by atoms with E-state index in [-0.39, 0.29) is 11.9 Å². The molecule has 190 valence electrons. The summed E-state index contributed by atoms with van der Waals surface area (Å²) in [5.74, 6) is 1.54. The van der Waals surface area contributed by atoms with E-state index in [4.69, 9.17) is 16.3 Å². The lowest BCUT2D eigenvalue weighted by Gasteiger charge is -2.32. The highest BCUT2D eigenvalue weighted by molar-refractivity contribution is 6.32. The van der Waals surface area contributed by atoms with E-state index in [1.165, 1.54) is 18.4 Å². The van der Waals surface area contributed by atoms with Gasteiger partial charge in [-0.05, 0) is 75.1 Å². The van der Waals surface area contributed by atoms with E-state index < -0.39 is 0 Å². The molecule has 0 radical (unpaired) electrons. The maximum absolute atomic E-state index is 12.9. The molecule has 0 aromatic heterocycles. The van der Waals surface area contributed by atoms with Crippen molar-refractivity contribution in [1.29, 1.82) is 0 Å². The zero-order chi connectivity index (χ0) is 25.2. The third kappa shape index (κ3) is 7.67. The second-order valence-electron chi connectivity index (χ2n) is 9.72. The Hall–Kier alpha value is -2.66. The predicted octanol–water partition coefficient (Wildman–Crippen LogP) is 6.94. The normalized spacial score (nSPS) is 15.5. The molecule has 4 rings (SSSR count). The summed E-state index contributed by atoms with van der Waals surface area (Å²) in [5.41, 5.74) is 3.21. The van der Waals surface area contributed by atoms with Crippen LogP contribution in [0.2, 0.25) is 5.02 Å². The second-order valence-corrected chi connectivity index (χ2v) is 10.1. The molecule has 4 nitrogen and oxygen atoms in total. The summed E-state index contributed by atoms with van der Waals surface area (Å²) in [4.78, 5) is 15.4. The number of para-hydroxylation sites is 1. The molecule has 3 aromatic rings. The van der Waals surface area contributed by atoms with E-state index in [2.05, 4.69) is 40.5 Å². The average molecular weight is 505 g/mol. The molecule has 1 N–H and O–H groups in total. The van der Waals surface area contributed by atoms with E-state index in [0.29, 0.717) is 23.1 Å². The molecular formula is C31H37ClN2O2. The van der Waals surface area contributed by atoms with Crippen molar-refractivity contribution in [2.75, 3.05) is 26.7 Å². The number of piperidine rings is 1. The maximum atomic E-state index is 12.9. The van der Waals surface area contributed by atoms with Crippen molar-refractivity contribution in [1.82, 2.24) is 10.2 Å². The van der Waals surface area contributed by atoms with Gasteiger partial charge < -0.3 is 10.1 Å². The molecule has 1 fully saturated rings. The molecule has 1 heterocycles. The van der Waals surface area contributed by atoms with Crippen LogP contribution in [-0.2, 0) is 6.54 Å². The van der Waals surface area contributed by atoms with Gasteiger partial charge in [0.05, 0.1) is 5.02 Å². The minimum Gasteiger partial charge on any atom is -0.484 e. The van der Waals surface area contributed by atoms with Crippen molar-refractivity contribution in [3.63, 3.8) is 0 Å². The molecule has 1 atom stereocenters. The molecule has 0 aliphatic carbocycles. The minimum atomic E-state index is -0.137. The number of Topliss-reactive ketones (excluding diaryl/α,β-unsaturated/α-hetero) is 1. The highest BCUT2D eigenvalue weighted by Crippen LogP contribution is 2.31. The fraction of sp³-hybridized carbons (Fsp3) is 0.387. The van der Waals surface area contributed by atoms with Crippen LogP contribution >= 0.6 is 11.6 Å². The van der Waals surface area contributed by atoms with Gasteiger partial charge in [0.15, 0.2) is 5.78 Å². The number of hydrogen-bond acceptors (Lipinski definition) is 4. The monoisotopic (exact) mass is 504 g/mol. The Balaban J connectivity index is 1.27. The fourth-order valence-electron chi connectivity index (χ4n) is 4.90. The smallest absolute Gasteiger partial charge is 0.162 e. The number of nitrogens with one attached hydrogen (secondary N) is 1. The first kappa shape index (κ1) is 26.4. The van der Waals surface area contributed by atoms with Gasteiger partial charge in [-0.1, -0.05) is 78.3 Å². The average Bonchev–Trinajstić information content (AvgIpc) is 2.92. The lowest BCUT2D eigenvalue weighted by molar-refractivity contribution is 0.0961. The zero-order valence-electron chi connectivity index (χ0n) is 21.2. The van der Waals surface area contributed by atoms with Gasteiger partial charge in [0, 0.05) is 24.9 Å². The third-order valence-electron chi connectivity index (χ3n) is 7.10. The molecule has 0 saturated carbocycles. The highest BCUT2D eigenvalue weighted by Gasteiger charge is 2.21. The number of hydrogen-bond donors (Lipinski definition) is 1. The van der Waals surface area contributed by atoms with Gasteiger partial charge in [-0.25, -0.2) is 0 Å². The summed E-state index contributed by atoms with van der Waals surface area (Å²) >= 11 is 6.31. The number of halogens is 1. The number of likely N-dealkylation sites (tertiary alicyclic amines) is 1. The first-order valence-electron chi connectivity index (χ1n) is 13.1. The Morgan fingerprint density at radius 3 is 2.39 bits per heavy atom. The largest absolute Gasteiger partial charge is 0.484 e. The van der Waals surface area contributed by atoms with Gasteiger partial charge in [0.2, 0.25) is 0 Å². The second kappa shape index (κ2) is 13.6. The van der Waals surface area contributed by atoms with Gasteiger partial charge in [0.25, 0.3) is 0 Å². The number of ether oxygens (including phenoxy) is 1. The van der Waals surface area contributed by atoms with Crippen molar-refractivity contribution in [3.05, 3.63) is 101 Å². The minimum absolute atomic E-state index is 0.137. The number of carbonyl (C=O) groups is 1. The lowest BCUT2D eigenvalue weighted by atomic mass is 9.90. The van der Waals surface area contributed by atoms with E-state index in [1.807, 2.05) is 55.6 Å². The number of ketones is 1. The standard InChI is InChI=1S/C31H37ClN2O2/c1-33-20-17-30(36-31-10-6-5-9-28(31)32)27-14-12-26(13-15-27)29(35)16-11-24-18-21-34(22-19-24)23-25-7-3-2-4-8-25/h2-10,12-15,24,30,33H,11,16-23H2,1H3. The quantitative estimate of drug-likeness (QED) is 0.271. The van der Waals surface area contributed by atoms with Crippen molar-refractivity contribution >= 4 is 17.4 Å². The summed E-state index contributed by atoms with van der Waals surface area (Å²) in [7, 11) is 1.93. The van der Waals surface area contributed by atoms with Gasteiger partial charge >= 0.3 is 0 Å². The van der Waals surface area contributed by atoms with Crippen molar-refractivity contribution in [2.24, 2.45) is 5.92 Å². The van der Waals surface area contributed by atoms with Crippen LogP contribution in [0, 0.1) is 5.92 Å². The lowest BCUT2D eigenvalue weighted by Crippen LogP contribution is -2.33. The van der Waals surface area contributed by atoms with Crippen molar-refractivity contribution in [2.45, 2.75) is 44.8 Å². The molecule has 0 bridgehead atoms. The van der Waals surface area contributed by atoms with Crippen LogP contribution < -0.4 is 10.1 Å². The molecule has 1 unspecified atom stereocenters. The van der Waals surface area contributed by atoms with Crippen molar-refractivity contribution < 1.29 is 9.53 Å². The van der Waals surface area contributed by atoms with E-state index in [9.17, 15) is 4.79 Å². The molecule has 1 aliphatic heterocycles. The van der Waals surface area contributed by atoms with Gasteiger partial charge in [-0.15, -0.1) is 0 Å². The SMILES string of the molecule is CNCCC(Oc1ccccc1Cl)c1ccc(C(=O)CCC2CCN(Cc3ccccc3)CC2)cc1. The Kier molecular flexibility index (Phi) is 9.97. The van der Waals surface area contributed by atoms with Crippen LogP contribution in [0.1, 0.15) is 59.7 Å². The first-order valence-corrected chi connectivity index (χ1v) is 13.5. The van der Waals surface area contributed by atoms with Gasteiger partial charge in [-0.3, -0.25) is 9.69 Å². The van der Waals surface area contributed by atoms with E-state index in [1.54, 1.807) is 0 Å². The van der Waals surface area contributed by atoms with Crippen LogP contribution in [0.4, 0.5) is 0 Å². The van der Waals surface area contributed by atoms with Crippen molar-refractivity contribution in [3.8, 4) is 5.75 Å². The summed E-state index contributed by atoms with van der Waals surface area (Å²) in [5, 5.41) is 3.79. The number of benzene rings is 3. The summed E-state index contributed by atoms with van der Waals surface area (Å²) in [6.45, 7) is 4.07. The fourth-order valence-corrected chi connectivity index (χ4v) is 5.08. The van der Waals surface area contributed by atoms with Gasteiger partial charge in [-0.2, -0.15) is 0 Å². The summed E-state index contributed by atoms with van der Waals surface area (Å²) < 4.78 is 6.25. The molecule has 0 spiro atoms. The van der Waals surface area contributed by atoms with Gasteiger partial charge in [0.1, 0.15) is 11.9 Å². The third-order valence-corrected chi connectivity index (χ3v) is 7.41. The molecule has 3 aromatic carbocycles. The molecule has 1 saturated heterocycles. The molecule has 0 amide bonds. The zero-order valence-corrected chi connectivity index (χ0v) is 21.9. The molecule has 5 heteroatoms. The molecule has 36 heavy (non-hydrogen) atoms. The Labute approximate surface area is 220 Å². The summed E-state index contributed by atoms with van der Waals surface area (Å²) in [6.07, 6.45) is 4.60. The van der Waals surface area contributed by atoms with Crippen LogP contribution in [0.3, 0.4) is 0 Å². The van der Waals surface area contributed by atoms with Crippen LogP contribution in [-0.4, -0.2) is 37.4 Å². The Morgan fingerprint density at radius 2 is 1.69 bits per heavy atom. The van der Waals surface area contributed by atoms with Crippen LogP contribution in [0.15, 0.2) is 78.9 Å². The van der Waals surface area contributed by atoms with E-state index in [0.717, 1.165) is 50.1 Å². The number of carbonyl (C=O) groups excluding carboxylic acids is 1. The van der Waals surface area contributed by atoms with E-state index >= 15 is 0 Å². The topological polar surface area (TPSA) is 41.6 Å². The molecular weight excluding hydrogens is 468 g/mol. The first-order chi connectivity index (χ1) is 17.6. The molecule has 1 aliphatic rings. The van der Waals surface area contributed by atoms with Crippen LogP contribution in [0.5, 0.6) is 5.75 Å².